The van der Waals surface area contributed by atoms with Crippen molar-refractivity contribution in [3.63, 3.8) is 0 Å². The Morgan fingerprint density at radius 3 is 1.94 bits per heavy atom. The lowest BCUT2D eigenvalue weighted by molar-refractivity contribution is 0.367. The van der Waals surface area contributed by atoms with Crippen LogP contribution in [-0.2, 0) is 4.43 Å². The maximum atomic E-state index is 5.70. The molecule has 1 aliphatic rings. The van der Waals surface area contributed by atoms with Gasteiger partial charge in [-0.25, -0.2) is 0 Å². The Kier molecular flexibility index (Phi) is 4.33. The van der Waals surface area contributed by atoms with Crippen LogP contribution in [0.15, 0.2) is 91.0 Å². The van der Waals surface area contributed by atoms with Gasteiger partial charge in [0.05, 0.1) is 16.9 Å². The van der Waals surface area contributed by atoms with Crippen LogP contribution in [0.5, 0.6) is 0 Å². The van der Waals surface area contributed by atoms with Crippen molar-refractivity contribution in [2.24, 2.45) is 0 Å². The highest BCUT2D eigenvalue weighted by Crippen LogP contribution is 2.33. The quantitative estimate of drug-likeness (QED) is 0.170. The van der Waals surface area contributed by atoms with E-state index in [1.54, 1.807) is 5.19 Å². The third kappa shape index (κ3) is 2.98. The Hall–Kier alpha value is -2.77. The lowest BCUT2D eigenvalue weighted by Crippen LogP contribution is -2.45. The van der Waals surface area contributed by atoms with E-state index in [0.29, 0.717) is 9.28 Å². The molecule has 0 amide bonds. The van der Waals surface area contributed by atoms with Crippen LogP contribution in [0.25, 0.3) is 53.9 Å². The second-order valence-electron chi connectivity index (χ2n) is 8.59. The molecule has 5 radical (unpaired) electrons. The van der Waals surface area contributed by atoms with Gasteiger partial charge in [0.15, 0.2) is 0 Å². The Bertz CT molecular complexity index is 1670. The summed E-state index contributed by atoms with van der Waals surface area (Å²) in [6, 6.07) is 35.7. The van der Waals surface area contributed by atoms with Crippen molar-refractivity contribution in [1.29, 1.82) is 0 Å². The molecule has 149 valence electrons. The zero-order valence-corrected chi connectivity index (χ0v) is 20.5. The average molecular weight is 456 g/mol. The van der Waals surface area contributed by atoms with Gasteiger partial charge < -0.3 is 4.43 Å². The topological polar surface area (TPSA) is 9.23 Å². The van der Waals surface area contributed by atoms with E-state index in [2.05, 4.69) is 91.0 Å². The summed E-state index contributed by atoms with van der Waals surface area (Å²) in [5.41, 5.74) is 0. The van der Waals surface area contributed by atoms with E-state index >= 15 is 0 Å². The number of benzene rings is 6. The number of fused-ring (bicyclic) bond motifs is 6. The Balaban J connectivity index is 1.53. The fourth-order valence-electron chi connectivity index (χ4n) is 5.10. The molecule has 6 aromatic carbocycles. The first-order valence-corrected chi connectivity index (χ1v) is 16.7. The van der Waals surface area contributed by atoms with E-state index in [1.807, 2.05) is 0 Å². The van der Waals surface area contributed by atoms with Crippen LogP contribution in [0.2, 0.25) is 6.04 Å². The van der Waals surface area contributed by atoms with Gasteiger partial charge in [-0.15, -0.1) is 0 Å². The predicted octanol–water partition coefficient (Wildman–Crippen LogP) is 5.92. The van der Waals surface area contributed by atoms with Gasteiger partial charge in [-0.1, -0.05) is 59.8 Å². The molecule has 0 atom stereocenters. The van der Waals surface area contributed by atoms with E-state index in [9.17, 15) is 0 Å². The summed E-state index contributed by atoms with van der Waals surface area (Å²) in [6.07, 6.45) is 0. The standard InChI is InChI=1S/C28H19OSi3/c1-2-5-19-13-24-16-25-22(15-23(24)12-18(19)4-1)9-8-21-14-20-6-3-7-28(27(20)17-26(21)25)32-11-10-29-30-31-32/h1-9,12-17H,10-11H2. The highest BCUT2D eigenvalue weighted by molar-refractivity contribution is 7.39. The molecule has 6 aromatic rings. The number of hydrogen-bond donors (Lipinski definition) is 0. The fraction of sp³-hybridized carbons (Fsp3) is 0.0714. The van der Waals surface area contributed by atoms with Crippen LogP contribution in [0.3, 0.4) is 0 Å². The summed E-state index contributed by atoms with van der Waals surface area (Å²) < 4.78 is 5.70. The van der Waals surface area contributed by atoms with Crippen LogP contribution in [0.4, 0.5) is 0 Å². The minimum atomic E-state index is -0.514. The normalized spacial score (nSPS) is 15.4. The van der Waals surface area contributed by atoms with Gasteiger partial charge in [0.1, 0.15) is 0 Å². The van der Waals surface area contributed by atoms with Gasteiger partial charge >= 0.3 is 0 Å². The monoisotopic (exact) mass is 455 g/mol. The molecule has 0 aliphatic carbocycles. The molecule has 0 bridgehead atoms. The molecule has 7 rings (SSSR count). The van der Waals surface area contributed by atoms with Crippen molar-refractivity contribution in [2.45, 2.75) is 6.04 Å². The summed E-state index contributed by atoms with van der Waals surface area (Å²) in [5, 5.41) is 15.0. The molecular formula is C28H19OSi3. The van der Waals surface area contributed by atoms with Crippen molar-refractivity contribution in [2.75, 3.05) is 6.61 Å². The SMILES string of the molecule is c1ccc2cc3cc4c(ccc5cc6cccc([Si]7CCO[Si][Si]7)c6cc54)cc3cc2c1. The number of hydrogen-bond acceptors (Lipinski definition) is 1. The minimum absolute atomic E-state index is 0.514. The Morgan fingerprint density at radius 2 is 1.19 bits per heavy atom. The van der Waals surface area contributed by atoms with Crippen LogP contribution in [0.1, 0.15) is 0 Å². The predicted molar refractivity (Wildman–Crippen MR) is 142 cm³/mol. The summed E-state index contributed by atoms with van der Waals surface area (Å²) >= 11 is 0. The minimum Gasteiger partial charge on any atom is -0.422 e. The molecule has 4 heteroatoms. The van der Waals surface area contributed by atoms with Gasteiger partial charge in [0.25, 0.3) is 0 Å². The van der Waals surface area contributed by atoms with E-state index < -0.39 is 8.31 Å². The van der Waals surface area contributed by atoms with Crippen LogP contribution in [0, 0.1) is 0 Å². The van der Waals surface area contributed by atoms with Crippen molar-refractivity contribution in [1.82, 2.24) is 0 Å². The average Bonchev–Trinajstić information content (AvgIpc) is 2.85. The lowest BCUT2D eigenvalue weighted by Gasteiger charge is -2.21. The number of rotatable bonds is 1. The molecule has 0 aromatic heterocycles. The maximum Gasteiger partial charge on any atom is 0.203 e. The molecule has 1 heterocycles. The first-order valence-electron chi connectivity index (χ1n) is 11.0. The molecule has 1 nitrogen and oxygen atoms in total. The van der Waals surface area contributed by atoms with Gasteiger partial charge in [0.2, 0.25) is 9.28 Å². The van der Waals surface area contributed by atoms with Crippen molar-refractivity contribution < 1.29 is 4.43 Å². The Morgan fingerprint density at radius 1 is 0.562 bits per heavy atom. The molecule has 0 unspecified atom stereocenters. The molecule has 1 aliphatic heterocycles. The molecule has 0 saturated carbocycles. The van der Waals surface area contributed by atoms with Gasteiger partial charge in [-0.3, -0.25) is 0 Å². The summed E-state index contributed by atoms with van der Waals surface area (Å²) in [5.74, 6) is 0. The molecule has 0 N–H and O–H groups in total. The van der Waals surface area contributed by atoms with Gasteiger partial charge in [0, 0.05) is 6.61 Å². The van der Waals surface area contributed by atoms with Crippen LogP contribution >= 0.6 is 0 Å². The smallest absolute Gasteiger partial charge is 0.203 e. The zero-order valence-electron chi connectivity index (χ0n) is 17.5. The lowest BCUT2D eigenvalue weighted by atomic mass is 9.95. The molecule has 32 heavy (non-hydrogen) atoms. The van der Waals surface area contributed by atoms with E-state index in [0.717, 1.165) is 15.2 Å². The second-order valence-corrected chi connectivity index (χ2v) is 16.8. The highest BCUT2D eigenvalue weighted by Gasteiger charge is 2.21. The second kappa shape index (κ2) is 7.39. The van der Waals surface area contributed by atoms with Gasteiger partial charge in [-0.05, 0) is 96.3 Å². The third-order valence-corrected chi connectivity index (χ3v) is 16.1. The van der Waals surface area contributed by atoms with Crippen molar-refractivity contribution in [3.05, 3.63) is 91.0 Å². The summed E-state index contributed by atoms with van der Waals surface area (Å²) in [4.78, 5) is 0. The highest BCUT2D eigenvalue weighted by atomic mass is 29.5. The maximum absolute atomic E-state index is 5.70. The van der Waals surface area contributed by atoms with E-state index in [4.69, 9.17) is 4.43 Å². The Labute approximate surface area is 193 Å². The van der Waals surface area contributed by atoms with Crippen molar-refractivity contribution in [3.8, 4) is 0 Å². The third-order valence-electron chi connectivity index (χ3n) is 6.71. The van der Waals surface area contributed by atoms with Crippen molar-refractivity contribution >= 4 is 85.2 Å². The largest absolute Gasteiger partial charge is 0.422 e. The molecular weight excluding hydrogens is 437 g/mol. The van der Waals surface area contributed by atoms with E-state index in [1.165, 1.54) is 59.9 Å². The molecule has 1 saturated heterocycles. The van der Waals surface area contributed by atoms with Crippen LogP contribution in [-0.4, -0.2) is 32.8 Å². The first kappa shape index (κ1) is 18.8. The molecule has 1 fully saturated rings. The van der Waals surface area contributed by atoms with Crippen LogP contribution < -0.4 is 5.19 Å². The van der Waals surface area contributed by atoms with E-state index in [-0.39, 0.29) is 0 Å². The summed E-state index contributed by atoms with van der Waals surface area (Å²) in [6.45, 7) is 0.937. The zero-order chi connectivity index (χ0) is 21.1. The van der Waals surface area contributed by atoms with Gasteiger partial charge in [-0.2, -0.15) is 0 Å². The summed E-state index contributed by atoms with van der Waals surface area (Å²) in [7, 11) is 1.16. The first-order chi connectivity index (χ1) is 15.8. The fourth-order valence-corrected chi connectivity index (χ4v) is 14.1. The molecule has 0 spiro atoms.